The lowest BCUT2D eigenvalue weighted by Gasteiger charge is -2.09. The van der Waals surface area contributed by atoms with E-state index in [1.165, 1.54) is 25.3 Å². The maximum atomic E-state index is 12.3. The van der Waals surface area contributed by atoms with Gasteiger partial charge in [0.2, 0.25) is 5.91 Å². The molecule has 1 N–H and O–H groups in total. The zero-order valence-corrected chi connectivity index (χ0v) is 14.9. The first-order chi connectivity index (χ1) is 11.9. The van der Waals surface area contributed by atoms with E-state index in [-0.39, 0.29) is 22.1 Å². The first kappa shape index (κ1) is 18.8. The van der Waals surface area contributed by atoms with Crippen LogP contribution in [-0.2, 0) is 14.6 Å². The summed E-state index contributed by atoms with van der Waals surface area (Å²) in [5.74, 6) is -0.506. The molecule has 0 aliphatic heterocycles. The molecule has 0 radical (unpaired) electrons. The van der Waals surface area contributed by atoms with Crippen LogP contribution in [0, 0.1) is 11.3 Å². The predicted octanol–water partition coefficient (Wildman–Crippen LogP) is 3.02. The fourth-order valence-corrected chi connectivity index (χ4v) is 3.67. The molecule has 25 heavy (non-hydrogen) atoms. The number of nitrogens with one attached hydrogen (secondary N) is 1. The van der Waals surface area contributed by atoms with Gasteiger partial charge < -0.3 is 10.1 Å². The number of amides is 1. The van der Waals surface area contributed by atoms with Gasteiger partial charge in [-0.3, -0.25) is 4.79 Å². The van der Waals surface area contributed by atoms with Crippen LogP contribution in [0.3, 0.4) is 0 Å². The lowest BCUT2D eigenvalue weighted by molar-refractivity contribution is -0.115. The van der Waals surface area contributed by atoms with Crippen LogP contribution in [0.5, 0.6) is 5.75 Å². The molecule has 0 saturated heterocycles. The molecule has 1 amide bonds. The Bertz CT molecular complexity index is 936. The van der Waals surface area contributed by atoms with E-state index in [1.807, 2.05) is 6.07 Å². The zero-order chi connectivity index (χ0) is 18.4. The third-order valence-electron chi connectivity index (χ3n) is 3.40. The molecule has 0 fully saturated rings. The molecule has 130 valence electrons. The third-order valence-corrected chi connectivity index (χ3v) is 5.41. The van der Waals surface area contributed by atoms with Crippen molar-refractivity contribution in [2.75, 3.05) is 18.2 Å². The molecule has 6 nitrogen and oxygen atoms in total. The van der Waals surface area contributed by atoms with Crippen LogP contribution in [-0.4, -0.2) is 27.2 Å². The van der Waals surface area contributed by atoms with E-state index in [2.05, 4.69) is 5.32 Å². The highest BCUT2D eigenvalue weighted by atomic mass is 35.5. The topological polar surface area (TPSA) is 96.3 Å². The van der Waals surface area contributed by atoms with E-state index >= 15 is 0 Å². The molecule has 2 rings (SSSR count). The molecule has 8 heteroatoms. The number of sulfone groups is 1. The summed E-state index contributed by atoms with van der Waals surface area (Å²) in [5, 5.41) is 11.7. The molecular formula is C17H15ClN2O4S. The molecule has 2 aromatic carbocycles. The number of halogens is 1. The minimum absolute atomic E-state index is 0.0172. The van der Waals surface area contributed by atoms with E-state index in [9.17, 15) is 13.2 Å². The van der Waals surface area contributed by atoms with Crippen molar-refractivity contribution in [2.24, 2.45) is 0 Å². The van der Waals surface area contributed by atoms with Gasteiger partial charge in [0.05, 0.1) is 34.0 Å². The zero-order valence-electron chi connectivity index (χ0n) is 13.3. The average molecular weight is 379 g/mol. The molecular weight excluding hydrogens is 364 g/mol. The highest BCUT2D eigenvalue weighted by Gasteiger charge is 2.18. The fraction of sp³-hybridized carbons (Fsp3) is 0.176. The number of nitrogens with zero attached hydrogens (tertiary/aromatic N) is 1. The van der Waals surface area contributed by atoms with Crippen LogP contribution >= 0.6 is 11.6 Å². The monoisotopic (exact) mass is 378 g/mol. The van der Waals surface area contributed by atoms with Crippen molar-refractivity contribution < 1.29 is 17.9 Å². The number of benzene rings is 2. The number of hydrogen-bond donors (Lipinski definition) is 1. The Morgan fingerprint density at radius 1 is 1.28 bits per heavy atom. The summed E-state index contributed by atoms with van der Waals surface area (Å²) in [6.07, 6.45) is -0.244. The molecule has 0 atom stereocenters. The standard InChI is InChI=1S/C17H15ClN2O4S/c1-24-16-7-6-13(10-14(16)18)25(22,23)9-8-17(21)20-15-5-3-2-4-12(15)11-19/h2-7,10H,8-9H2,1H3,(H,20,21). The molecule has 0 unspecified atom stereocenters. The fourth-order valence-electron chi connectivity index (χ4n) is 2.09. The predicted molar refractivity (Wildman–Crippen MR) is 94.5 cm³/mol. The Morgan fingerprint density at radius 3 is 2.64 bits per heavy atom. The smallest absolute Gasteiger partial charge is 0.225 e. The molecule has 2 aromatic rings. The van der Waals surface area contributed by atoms with Gasteiger partial charge in [0.25, 0.3) is 0 Å². The van der Waals surface area contributed by atoms with Crippen molar-refractivity contribution >= 4 is 33.0 Å². The van der Waals surface area contributed by atoms with Gasteiger partial charge in [-0.05, 0) is 30.3 Å². The minimum atomic E-state index is -3.68. The van der Waals surface area contributed by atoms with Crippen molar-refractivity contribution in [2.45, 2.75) is 11.3 Å². The lowest BCUT2D eigenvalue weighted by Crippen LogP contribution is -2.18. The van der Waals surface area contributed by atoms with Crippen LogP contribution < -0.4 is 10.1 Å². The number of para-hydroxylation sites is 1. The van der Waals surface area contributed by atoms with Gasteiger partial charge >= 0.3 is 0 Å². The van der Waals surface area contributed by atoms with Crippen molar-refractivity contribution in [1.82, 2.24) is 0 Å². The van der Waals surface area contributed by atoms with Gasteiger partial charge in [-0.15, -0.1) is 0 Å². The normalized spacial score (nSPS) is 10.8. The first-order valence-corrected chi connectivity index (χ1v) is 9.25. The van der Waals surface area contributed by atoms with Crippen LogP contribution in [0.15, 0.2) is 47.4 Å². The number of carbonyl (C=O) groups is 1. The Balaban J connectivity index is 2.05. The third kappa shape index (κ3) is 4.72. The number of ether oxygens (including phenoxy) is 1. The largest absolute Gasteiger partial charge is 0.495 e. The molecule has 0 spiro atoms. The summed E-state index contributed by atoms with van der Waals surface area (Å²) in [4.78, 5) is 12.0. The lowest BCUT2D eigenvalue weighted by atomic mass is 10.2. The number of carbonyl (C=O) groups excluding carboxylic acids is 1. The second-order valence-electron chi connectivity index (χ2n) is 5.07. The molecule has 0 saturated carbocycles. The Morgan fingerprint density at radius 2 is 2.00 bits per heavy atom. The van der Waals surface area contributed by atoms with E-state index in [4.69, 9.17) is 21.6 Å². The second-order valence-corrected chi connectivity index (χ2v) is 7.59. The van der Waals surface area contributed by atoms with Gasteiger partial charge in [-0.2, -0.15) is 5.26 Å². The van der Waals surface area contributed by atoms with Crippen LogP contribution in [0.4, 0.5) is 5.69 Å². The van der Waals surface area contributed by atoms with Crippen LogP contribution in [0.25, 0.3) is 0 Å². The number of hydrogen-bond acceptors (Lipinski definition) is 5. The number of methoxy groups -OCH3 is 1. The SMILES string of the molecule is COc1ccc(S(=O)(=O)CCC(=O)Nc2ccccc2C#N)cc1Cl. The Kier molecular flexibility index (Phi) is 6.02. The minimum Gasteiger partial charge on any atom is -0.495 e. The Labute approximate surface area is 150 Å². The van der Waals surface area contributed by atoms with Crippen LogP contribution in [0.1, 0.15) is 12.0 Å². The van der Waals surface area contributed by atoms with E-state index < -0.39 is 15.7 Å². The number of anilines is 1. The molecule has 0 aliphatic rings. The van der Waals surface area contributed by atoms with Crippen molar-refractivity contribution in [3.63, 3.8) is 0 Å². The highest BCUT2D eigenvalue weighted by molar-refractivity contribution is 7.91. The van der Waals surface area contributed by atoms with Crippen molar-refractivity contribution in [3.8, 4) is 11.8 Å². The van der Waals surface area contributed by atoms with Crippen LogP contribution in [0.2, 0.25) is 5.02 Å². The first-order valence-electron chi connectivity index (χ1n) is 7.22. The summed E-state index contributed by atoms with van der Waals surface area (Å²) in [7, 11) is -2.25. The highest BCUT2D eigenvalue weighted by Crippen LogP contribution is 2.27. The van der Waals surface area contributed by atoms with E-state index in [0.717, 1.165) is 0 Å². The van der Waals surface area contributed by atoms with Gasteiger partial charge in [0.15, 0.2) is 9.84 Å². The van der Waals surface area contributed by atoms with Crippen molar-refractivity contribution in [1.29, 1.82) is 5.26 Å². The number of nitriles is 1. The maximum absolute atomic E-state index is 12.3. The number of rotatable bonds is 6. The van der Waals surface area contributed by atoms with Gasteiger partial charge in [0, 0.05) is 6.42 Å². The Hall–Kier alpha value is -2.56. The van der Waals surface area contributed by atoms with Crippen molar-refractivity contribution in [3.05, 3.63) is 53.1 Å². The van der Waals surface area contributed by atoms with E-state index in [1.54, 1.807) is 24.3 Å². The summed E-state index contributed by atoms with van der Waals surface area (Å²) in [5.41, 5.74) is 0.653. The quantitative estimate of drug-likeness (QED) is 0.833. The molecule has 0 bridgehead atoms. The second kappa shape index (κ2) is 8.01. The van der Waals surface area contributed by atoms with Gasteiger partial charge in [-0.25, -0.2) is 8.42 Å². The summed E-state index contributed by atoms with van der Waals surface area (Å²) >= 11 is 5.94. The molecule has 0 aromatic heterocycles. The average Bonchev–Trinajstić information content (AvgIpc) is 2.60. The van der Waals surface area contributed by atoms with Gasteiger partial charge in [-0.1, -0.05) is 23.7 Å². The summed E-state index contributed by atoms with van der Waals surface area (Å²) in [6, 6.07) is 12.6. The summed E-state index contributed by atoms with van der Waals surface area (Å²) < 4.78 is 29.6. The maximum Gasteiger partial charge on any atom is 0.225 e. The molecule has 0 heterocycles. The van der Waals surface area contributed by atoms with Gasteiger partial charge in [0.1, 0.15) is 11.8 Å². The summed E-state index contributed by atoms with van der Waals surface area (Å²) in [6.45, 7) is 0. The molecule has 0 aliphatic carbocycles. The van der Waals surface area contributed by atoms with E-state index in [0.29, 0.717) is 17.0 Å².